The molecule has 0 aliphatic rings. The van der Waals surface area contributed by atoms with Gasteiger partial charge >= 0.3 is 0 Å². The molecule has 15 heavy (non-hydrogen) atoms. The molecule has 0 aliphatic carbocycles. The maximum absolute atomic E-state index is 11.6. The standard InChI is InChI=1S/C10H12ClNO2S/c1-6-5-7(10(11)15-6)8(13)3-4-9(14)12-2/h5H,3-4H2,1-2H3,(H,12,14). The zero-order chi connectivity index (χ0) is 11.4. The molecule has 1 rings (SSSR count). The van der Waals surface area contributed by atoms with Crippen LogP contribution in [-0.4, -0.2) is 18.7 Å². The fourth-order valence-corrected chi connectivity index (χ4v) is 2.43. The number of rotatable bonds is 4. The highest BCUT2D eigenvalue weighted by atomic mass is 35.5. The summed E-state index contributed by atoms with van der Waals surface area (Å²) in [5.74, 6) is -0.209. The van der Waals surface area contributed by atoms with Gasteiger partial charge in [-0.3, -0.25) is 9.59 Å². The summed E-state index contributed by atoms with van der Waals surface area (Å²) in [4.78, 5) is 23.6. The quantitative estimate of drug-likeness (QED) is 0.828. The molecule has 0 spiro atoms. The SMILES string of the molecule is CNC(=O)CCC(=O)c1cc(C)sc1Cl. The van der Waals surface area contributed by atoms with Gasteiger partial charge in [0.2, 0.25) is 5.91 Å². The van der Waals surface area contributed by atoms with E-state index in [4.69, 9.17) is 11.6 Å². The maximum Gasteiger partial charge on any atom is 0.220 e. The van der Waals surface area contributed by atoms with Crippen LogP contribution in [0.3, 0.4) is 0 Å². The minimum Gasteiger partial charge on any atom is -0.359 e. The van der Waals surface area contributed by atoms with Crippen LogP contribution in [0.1, 0.15) is 28.1 Å². The molecule has 1 aromatic heterocycles. The summed E-state index contributed by atoms with van der Waals surface area (Å²) in [5, 5.41) is 2.47. The van der Waals surface area contributed by atoms with E-state index in [0.717, 1.165) is 4.88 Å². The lowest BCUT2D eigenvalue weighted by atomic mass is 10.1. The van der Waals surface area contributed by atoms with Crippen molar-refractivity contribution in [2.75, 3.05) is 7.05 Å². The van der Waals surface area contributed by atoms with Gasteiger partial charge in [-0.05, 0) is 13.0 Å². The number of amides is 1. The van der Waals surface area contributed by atoms with Gasteiger partial charge in [-0.2, -0.15) is 0 Å². The van der Waals surface area contributed by atoms with Crippen molar-refractivity contribution >= 4 is 34.6 Å². The molecule has 0 saturated heterocycles. The molecule has 0 bridgehead atoms. The molecule has 0 atom stereocenters. The average molecular weight is 246 g/mol. The molecule has 1 heterocycles. The minimum absolute atomic E-state index is 0.0760. The van der Waals surface area contributed by atoms with Gasteiger partial charge in [-0.25, -0.2) is 0 Å². The van der Waals surface area contributed by atoms with E-state index >= 15 is 0 Å². The van der Waals surface area contributed by atoms with Crippen molar-refractivity contribution in [1.82, 2.24) is 5.32 Å². The number of carbonyl (C=O) groups excluding carboxylic acids is 2. The maximum atomic E-state index is 11.6. The number of hydrogen-bond acceptors (Lipinski definition) is 3. The monoisotopic (exact) mass is 245 g/mol. The van der Waals surface area contributed by atoms with Crippen molar-refractivity contribution < 1.29 is 9.59 Å². The molecule has 5 heteroatoms. The van der Waals surface area contributed by atoms with E-state index < -0.39 is 0 Å². The molecule has 1 aromatic rings. The predicted molar refractivity (Wildman–Crippen MR) is 61.7 cm³/mol. The van der Waals surface area contributed by atoms with Crippen molar-refractivity contribution in [2.45, 2.75) is 19.8 Å². The largest absolute Gasteiger partial charge is 0.359 e. The van der Waals surface area contributed by atoms with Gasteiger partial charge in [-0.15, -0.1) is 11.3 Å². The second kappa shape index (κ2) is 5.28. The second-order valence-corrected chi connectivity index (χ2v) is 5.00. The zero-order valence-corrected chi connectivity index (χ0v) is 10.2. The topological polar surface area (TPSA) is 46.2 Å². The lowest BCUT2D eigenvalue weighted by Crippen LogP contribution is -2.18. The molecular formula is C10H12ClNO2S. The lowest BCUT2D eigenvalue weighted by molar-refractivity contribution is -0.120. The first-order valence-electron chi connectivity index (χ1n) is 4.54. The first-order chi connectivity index (χ1) is 7.04. The molecule has 0 aliphatic heterocycles. The first-order valence-corrected chi connectivity index (χ1v) is 5.73. The second-order valence-electron chi connectivity index (χ2n) is 3.14. The average Bonchev–Trinajstić information content (AvgIpc) is 2.53. The van der Waals surface area contributed by atoms with E-state index in [9.17, 15) is 9.59 Å². The predicted octanol–water partition coefficient (Wildman–Crippen LogP) is 2.42. The third kappa shape index (κ3) is 3.32. The van der Waals surface area contributed by atoms with Gasteiger partial charge in [0.05, 0.1) is 0 Å². The normalized spacial score (nSPS) is 10.1. The van der Waals surface area contributed by atoms with Crippen LogP contribution in [0.5, 0.6) is 0 Å². The van der Waals surface area contributed by atoms with Crippen molar-refractivity contribution in [3.63, 3.8) is 0 Å². The number of Topliss-reactive ketones (excluding diaryl/α,β-unsaturated/α-hetero) is 1. The smallest absolute Gasteiger partial charge is 0.220 e. The third-order valence-electron chi connectivity index (χ3n) is 1.97. The van der Waals surface area contributed by atoms with Gasteiger partial charge < -0.3 is 5.32 Å². The molecule has 0 unspecified atom stereocenters. The lowest BCUT2D eigenvalue weighted by Gasteiger charge is -1.98. The Labute approximate surface area is 97.4 Å². The van der Waals surface area contributed by atoms with Crippen LogP contribution in [0, 0.1) is 6.92 Å². The summed E-state index contributed by atoms with van der Waals surface area (Å²) < 4.78 is 0.509. The summed E-state index contributed by atoms with van der Waals surface area (Å²) in [6.07, 6.45) is 0.413. The Bertz CT molecular complexity index is 387. The van der Waals surface area contributed by atoms with Crippen molar-refractivity contribution in [2.24, 2.45) is 0 Å². The van der Waals surface area contributed by atoms with E-state index in [1.807, 2.05) is 6.92 Å². The highest BCUT2D eigenvalue weighted by Crippen LogP contribution is 2.28. The number of aryl methyl sites for hydroxylation is 1. The van der Waals surface area contributed by atoms with Crippen LogP contribution >= 0.6 is 22.9 Å². The molecular weight excluding hydrogens is 234 g/mol. The molecule has 1 N–H and O–H groups in total. The van der Waals surface area contributed by atoms with Crippen LogP contribution in [0.15, 0.2) is 6.07 Å². The van der Waals surface area contributed by atoms with Gasteiger partial charge in [0, 0.05) is 30.3 Å². The number of nitrogens with one attached hydrogen (secondary N) is 1. The molecule has 0 aromatic carbocycles. The summed E-state index contributed by atoms with van der Waals surface area (Å²) in [5.41, 5.74) is 0.531. The van der Waals surface area contributed by atoms with E-state index in [2.05, 4.69) is 5.32 Å². The third-order valence-corrected chi connectivity index (χ3v) is 3.24. The Kier molecular flexibility index (Phi) is 4.29. The fraction of sp³-hybridized carbons (Fsp3) is 0.400. The summed E-state index contributed by atoms with van der Waals surface area (Å²) in [6.45, 7) is 1.89. The first kappa shape index (κ1) is 12.2. The van der Waals surface area contributed by atoms with Gasteiger partial charge in [0.1, 0.15) is 4.34 Å². The highest BCUT2D eigenvalue weighted by Gasteiger charge is 2.14. The van der Waals surface area contributed by atoms with Crippen molar-refractivity contribution in [3.05, 3.63) is 20.8 Å². The van der Waals surface area contributed by atoms with Crippen LogP contribution in [-0.2, 0) is 4.79 Å². The van der Waals surface area contributed by atoms with E-state index in [0.29, 0.717) is 9.90 Å². The Hall–Kier alpha value is -0.870. The Morgan fingerprint density at radius 2 is 2.13 bits per heavy atom. The van der Waals surface area contributed by atoms with Gasteiger partial charge in [0.25, 0.3) is 0 Å². The number of hydrogen-bond donors (Lipinski definition) is 1. The number of carbonyl (C=O) groups is 2. The van der Waals surface area contributed by atoms with E-state index in [1.165, 1.54) is 11.3 Å². The number of thiophene rings is 1. The highest BCUT2D eigenvalue weighted by molar-refractivity contribution is 7.16. The molecule has 0 fully saturated rings. The Morgan fingerprint density at radius 3 is 2.60 bits per heavy atom. The van der Waals surface area contributed by atoms with Crippen LogP contribution in [0.2, 0.25) is 4.34 Å². The van der Waals surface area contributed by atoms with E-state index in [-0.39, 0.29) is 24.5 Å². The van der Waals surface area contributed by atoms with Crippen LogP contribution in [0.4, 0.5) is 0 Å². The Balaban J connectivity index is 2.61. The Morgan fingerprint density at radius 1 is 1.47 bits per heavy atom. The molecule has 1 amide bonds. The number of halogens is 1. The number of ketones is 1. The summed E-state index contributed by atoms with van der Waals surface area (Å²) in [7, 11) is 1.55. The van der Waals surface area contributed by atoms with Crippen LogP contribution in [0.25, 0.3) is 0 Å². The summed E-state index contributed by atoms with van der Waals surface area (Å²) >= 11 is 7.27. The summed E-state index contributed by atoms with van der Waals surface area (Å²) in [6, 6.07) is 1.76. The van der Waals surface area contributed by atoms with Crippen LogP contribution < -0.4 is 5.32 Å². The fourth-order valence-electron chi connectivity index (χ4n) is 1.16. The van der Waals surface area contributed by atoms with Gasteiger partial charge in [0.15, 0.2) is 5.78 Å². The van der Waals surface area contributed by atoms with Gasteiger partial charge in [-0.1, -0.05) is 11.6 Å². The minimum atomic E-state index is -0.133. The van der Waals surface area contributed by atoms with E-state index in [1.54, 1.807) is 13.1 Å². The molecule has 3 nitrogen and oxygen atoms in total. The molecule has 0 saturated carbocycles. The molecule has 0 radical (unpaired) electrons. The molecule has 82 valence electrons. The van der Waals surface area contributed by atoms with Crippen molar-refractivity contribution in [3.8, 4) is 0 Å². The van der Waals surface area contributed by atoms with Crippen molar-refractivity contribution in [1.29, 1.82) is 0 Å². The zero-order valence-electron chi connectivity index (χ0n) is 8.59.